The van der Waals surface area contributed by atoms with E-state index in [-0.39, 0.29) is 5.54 Å². The molecular weight excluding hydrogens is 422 g/mol. The summed E-state index contributed by atoms with van der Waals surface area (Å²) in [6.07, 6.45) is 42.7. The second-order valence-corrected chi connectivity index (χ2v) is 12.3. The van der Waals surface area contributed by atoms with E-state index in [0.717, 1.165) is 0 Å². The Labute approximate surface area is 224 Å². The van der Waals surface area contributed by atoms with E-state index in [1.165, 1.54) is 193 Å². The molecule has 0 aromatic heterocycles. The summed E-state index contributed by atoms with van der Waals surface area (Å²) in [7, 11) is 0. The smallest absolute Gasteiger partial charge is 0.0125 e. The number of hydrogen-bond acceptors (Lipinski definition) is 1. The van der Waals surface area contributed by atoms with Crippen LogP contribution in [0.1, 0.15) is 213 Å². The zero-order valence-corrected chi connectivity index (χ0v) is 25.3. The van der Waals surface area contributed by atoms with Gasteiger partial charge in [-0.05, 0) is 19.8 Å². The van der Waals surface area contributed by atoms with E-state index in [1.807, 2.05) is 0 Å². The van der Waals surface area contributed by atoms with E-state index in [9.17, 15) is 0 Å². The molecule has 0 rings (SSSR count). The Kier molecular flexibility index (Phi) is 28.5. The summed E-state index contributed by atoms with van der Waals surface area (Å²) in [5, 5.41) is 0. The van der Waals surface area contributed by atoms with E-state index >= 15 is 0 Å². The van der Waals surface area contributed by atoms with Gasteiger partial charge in [0.15, 0.2) is 0 Å². The van der Waals surface area contributed by atoms with Crippen LogP contribution in [-0.4, -0.2) is 5.54 Å². The van der Waals surface area contributed by atoms with Crippen molar-refractivity contribution in [2.75, 3.05) is 0 Å². The first-order chi connectivity index (χ1) is 17.1. The highest BCUT2D eigenvalue weighted by atomic mass is 14.7. The van der Waals surface area contributed by atoms with Crippen molar-refractivity contribution in [3.05, 3.63) is 0 Å². The molecule has 0 bridgehead atoms. The van der Waals surface area contributed by atoms with Gasteiger partial charge in [0.2, 0.25) is 0 Å². The Morgan fingerprint density at radius 2 is 0.486 bits per heavy atom. The van der Waals surface area contributed by atoms with Crippen LogP contribution in [0.2, 0.25) is 0 Å². The molecule has 0 saturated heterocycles. The number of unbranched alkanes of at least 4 members (excludes halogenated alkanes) is 26. The second kappa shape index (κ2) is 28.5. The van der Waals surface area contributed by atoms with Crippen LogP contribution in [0.3, 0.4) is 0 Å². The predicted molar refractivity (Wildman–Crippen MR) is 162 cm³/mol. The monoisotopic (exact) mass is 494 g/mol. The van der Waals surface area contributed by atoms with Crippen LogP contribution in [0.5, 0.6) is 0 Å². The van der Waals surface area contributed by atoms with E-state index < -0.39 is 0 Å². The first kappa shape index (κ1) is 35.0. The summed E-state index contributed by atoms with van der Waals surface area (Å²) in [5.41, 5.74) is 6.69. The molecule has 1 heteroatoms. The molecule has 35 heavy (non-hydrogen) atoms. The summed E-state index contributed by atoms with van der Waals surface area (Å²) < 4.78 is 0. The fraction of sp³-hybridized carbons (Fsp3) is 1.00. The van der Waals surface area contributed by atoms with Gasteiger partial charge in [0, 0.05) is 5.54 Å². The summed E-state index contributed by atoms with van der Waals surface area (Å²) in [4.78, 5) is 0. The first-order valence-corrected chi connectivity index (χ1v) is 16.9. The lowest BCUT2D eigenvalue weighted by molar-refractivity contribution is 0.363. The average molecular weight is 494 g/mol. The summed E-state index contributed by atoms with van der Waals surface area (Å²) in [6.45, 7) is 6.91. The van der Waals surface area contributed by atoms with Gasteiger partial charge in [-0.2, -0.15) is 0 Å². The van der Waals surface area contributed by atoms with Crippen molar-refractivity contribution in [2.45, 2.75) is 219 Å². The Balaban J connectivity index is 3.28. The van der Waals surface area contributed by atoms with Crippen molar-refractivity contribution in [2.24, 2.45) is 5.73 Å². The molecule has 0 aromatic carbocycles. The number of hydrogen-bond donors (Lipinski definition) is 1. The molecule has 0 radical (unpaired) electrons. The van der Waals surface area contributed by atoms with Gasteiger partial charge in [0.05, 0.1) is 0 Å². The van der Waals surface area contributed by atoms with Gasteiger partial charge < -0.3 is 5.73 Å². The Hall–Kier alpha value is -0.0400. The van der Waals surface area contributed by atoms with E-state index in [4.69, 9.17) is 5.73 Å². The van der Waals surface area contributed by atoms with Crippen LogP contribution in [-0.2, 0) is 0 Å². The Bertz CT molecular complexity index is 341. The molecule has 0 fully saturated rings. The van der Waals surface area contributed by atoms with Crippen LogP contribution >= 0.6 is 0 Å². The van der Waals surface area contributed by atoms with Crippen molar-refractivity contribution < 1.29 is 0 Å². The van der Waals surface area contributed by atoms with Crippen LogP contribution in [0.15, 0.2) is 0 Å². The van der Waals surface area contributed by atoms with Crippen molar-refractivity contribution in [1.82, 2.24) is 0 Å². The molecule has 0 atom stereocenters. The summed E-state index contributed by atoms with van der Waals surface area (Å²) in [5.74, 6) is 0. The molecule has 0 saturated carbocycles. The maximum atomic E-state index is 6.61. The molecule has 0 spiro atoms. The largest absolute Gasteiger partial charge is 0.325 e. The van der Waals surface area contributed by atoms with Crippen molar-refractivity contribution in [1.29, 1.82) is 0 Å². The van der Waals surface area contributed by atoms with E-state index in [1.54, 1.807) is 0 Å². The topological polar surface area (TPSA) is 26.0 Å². The van der Waals surface area contributed by atoms with Gasteiger partial charge in [0.1, 0.15) is 0 Å². The van der Waals surface area contributed by atoms with Gasteiger partial charge in [-0.15, -0.1) is 0 Å². The normalized spacial score (nSPS) is 12.0. The standard InChI is InChI=1S/C34H71N/c1-4-6-8-10-12-14-16-18-20-22-24-26-28-30-32-34(3,35)33-31-29-27-25-23-21-19-17-15-13-11-9-7-5-2/h4-33,35H2,1-3H3. The van der Waals surface area contributed by atoms with E-state index in [0.29, 0.717) is 0 Å². The molecule has 0 aromatic rings. The minimum Gasteiger partial charge on any atom is -0.325 e. The van der Waals surface area contributed by atoms with Gasteiger partial charge >= 0.3 is 0 Å². The first-order valence-electron chi connectivity index (χ1n) is 16.9. The fourth-order valence-electron chi connectivity index (χ4n) is 5.57. The zero-order valence-electron chi connectivity index (χ0n) is 25.3. The molecule has 0 amide bonds. The Morgan fingerprint density at radius 1 is 0.314 bits per heavy atom. The SMILES string of the molecule is CCCCCCCCCCCCCCCCC(C)(N)CCCCCCCCCCCCCCCC. The minimum absolute atomic E-state index is 0.0776. The zero-order chi connectivity index (χ0) is 25.7. The lowest BCUT2D eigenvalue weighted by atomic mass is 9.89. The van der Waals surface area contributed by atoms with Gasteiger partial charge in [-0.3, -0.25) is 0 Å². The van der Waals surface area contributed by atoms with Crippen molar-refractivity contribution in [3.63, 3.8) is 0 Å². The van der Waals surface area contributed by atoms with Crippen molar-refractivity contribution in [3.8, 4) is 0 Å². The highest BCUT2D eigenvalue weighted by Gasteiger charge is 2.16. The number of nitrogens with two attached hydrogens (primary N) is 1. The van der Waals surface area contributed by atoms with Crippen LogP contribution in [0.25, 0.3) is 0 Å². The lowest BCUT2D eigenvalue weighted by Crippen LogP contribution is -2.35. The van der Waals surface area contributed by atoms with Gasteiger partial charge in [-0.25, -0.2) is 0 Å². The molecule has 2 N–H and O–H groups in total. The third-order valence-electron chi connectivity index (χ3n) is 8.20. The maximum absolute atomic E-state index is 6.61. The molecule has 0 aliphatic heterocycles. The van der Waals surface area contributed by atoms with E-state index in [2.05, 4.69) is 20.8 Å². The summed E-state index contributed by atoms with van der Waals surface area (Å²) in [6, 6.07) is 0. The average Bonchev–Trinajstić information content (AvgIpc) is 2.84. The molecule has 0 unspecified atom stereocenters. The Morgan fingerprint density at radius 3 is 0.686 bits per heavy atom. The highest BCUT2D eigenvalue weighted by molar-refractivity contribution is 4.78. The predicted octanol–water partition coefficient (Wildman–Crippen LogP) is 12.4. The molecular formula is C34H71N. The van der Waals surface area contributed by atoms with Crippen LogP contribution < -0.4 is 5.73 Å². The van der Waals surface area contributed by atoms with Gasteiger partial charge in [0.25, 0.3) is 0 Å². The molecule has 212 valence electrons. The van der Waals surface area contributed by atoms with Crippen molar-refractivity contribution >= 4 is 0 Å². The van der Waals surface area contributed by atoms with Gasteiger partial charge in [-0.1, -0.05) is 194 Å². The number of rotatable bonds is 30. The van der Waals surface area contributed by atoms with Crippen LogP contribution in [0.4, 0.5) is 0 Å². The van der Waals surface area contributed by atoms with Crippen LogP contribution in [0, 0.1) is 0 Å². The quantitative estimate of drug-likeness (QED) is 0.0989. The lowest BCUT2D eigenvalue weighted by Gasteiger charge is -2.24. The third-order valence-corrected chi connectivity index (χ3v) is 8.20. The molecule has 0 aliphatic rings. The fourth-order valence-corrected chi connectivity index (χ4v) is 5.57. The minimum atomic E-state index is 0.0776. The maximum Gasteiger partial charge on any atom is 0.0125 e. The highest BCUT2D eigenvalue weighted by Crippen LogP contribution is 2.21. The molecule has 1 nitrogen and oxygen atoms in total. The summed E-state index contributed by atoms with van der Waals surface area (Å²) >= 11 is 0. The molecule has 0 heterocycles. The molecule has 0 aliphatic carbocycles. The third kappa shape index (κ3) is 30.1. The second-order valence-electron chi connectivity index (χ2n) is 12.3.